The number of carbonyl (C=O) groups is 1. The third-order valence-corrected chi connectivity index (χ3v) is 4.74. The minimum atomic E-state index is 0.0256. The molecule has 1 aromatic carbocycles. The second-order valence-corrected chi connectivity index (χ2v) is 6.07. The standard InChI is InChI=1S/C16H23N3O/c1-2-17-16(20)15-5-3-14(4-6-15)13-19-10-7-18(8-11-19)9-12-19/h3-6H,2,7-13H2,1H3/p+1. The van der Waals surface area contributed by atoms with Crippen LogP contribution in [0.25, 0.3) is 0 Å². The number of fused-ring (bicyclic) bond motifs is 3. The van der Waals surface area contributed by atoms with Crippen molar-refractivity contribution >= 4 is 5.91 Å². The highest BCUT2D eigenvalue weighted by Gasteiger charge is 2.38. The first-order valence-corrected chi connectivity index (χ1v) is 7.65. The first kappa shape index (κ1) is 13.6. The summed E-state index contributed by atoms with van der Waals surface area (Å²) in [5.74, 6) is 0.0256. The van der Waals surface area contributed by atoms with Gasteiger partial charge in [0.25, 0.3) is 5.91 Å². The Hall–Kier alpha value is -1.39. The lowest BCUT2D eigenvalue weighted by Crippen LogP contribution is -2.66. The Morgan fingerprint density at radius 3 is 2.30 bits per heavy atom. The lowest BCUT2D eigenvalue weighted by atomic mass is 10.1. The van der Waals surface area contributed by atoms with Crippen LogP contribution in [0.4, 0.5) is 0 Å². The Morgan fingerprint density at radius 1 is 1.15 bits per heavy atom. The lowest BCUT2D eigenvalue weighted by molar-refractivity contribution is -0.953. The zero-order valence-corrected chi connectivity index (χ0v) is 12.3. The van der Waals surface area contributed by atoms with E-state index in [4.69, 9.17) is 0 Å². The zero-order chi connectivity index (χ0) is 14.0. The van der Waals surface area contributed by atoms with Gasteiger partial charge in [-0.2, -0.15) is 0 Å². The third kappa shape index (κ3) is 2.72. The molecule has 3 fully saturated rings. The van der Waals surface area contributed by atoms with Crippen LogP contribution in [-0.4, -0.2) is 61.1 Å². The number of nitrogens with one attached hydrogen (secondary N) is 1. The van der Waals surface area contributed by atoms with Gasteiger partial charge in [0.15, 0.2) is 0 Å². The number of carbonyl (C=O) groups excluding carboxylic acids is 1. The van der Waals surface area contributed by atoms with Crippen molar-refractivity contribution in [2.75, 3.05) is 45.8 Å². The number of benzene rings is 1. The van der Waals surface area contributed by atoms with Gasteiger partial charge in [-0.05, 0) is 19.1 Å². The Balaban J connectivity index is 1.67. The minimum absolute atomic E-state index is 0.0256. The average Bonchev–Trinajstić information content (AvgIpc) is 2.50. The van der Waals surface area contributed by atoms with Gasteiger partial charge >= 0.3 is 0 Å². The molecular formula is C16H24N3O+. The highest BCUT2D eigenvalue weighted by molar-refractivity contribution is 5.94. The number of amides is 1. The summed E-state index contributed by atoms with van der Waals surface area (Å²) in [6, 6.07) is 8.16. The fraction of sp³-hybridized carbons (Fsp3) is 0.562. The zero-order valence-electron chi connectivity index (χ0n) is 12.3. The molecule has 0 spiro atoms. The molecule has 3 aliphatic rings. The Morgan fingerprint density at radius 2 is 1.75 bits per heavy atom. The van der Waals surface area contributed by atoms with Crippen LogP contribution in [0.15, 0.2) is 24.3 Å². The summed E-state index contributed by atoms with van der Waals surface area (Å²) in [7, 11) is 0. The Kier molecular flexibility index (Phi) is 3.76. The van der Waals surface area contributed by atoms with Gasteiger partial charge < -0.3 is 9.80 Å². The number of piperazine rings is 3. The molecule has 2 bridgehead atoms. The van der Waals surface area contributed by atoms with Crippen LogP contribution < -0.4 is 5.32 Å². The second kappa shape index (κ2) is 5.54. The summed E-state index contributed by atoms with van der Waals surface area (Å²) in [6.45, 7) is 11.3. The third-order valence-electron chi connectivity index (χ3n) is 4.74. The average molecular weight is 274 g/mol. The quantitative estimate of drug-likeness (QED) is 0.833. The fourth-order valence-corrected chi connectivity index (χ4v) is 3.38. The maximum absolute atomic E-state index is 11.8. The van der Waals surface area contributed by atoms with Crippen LogP contribution in [0.1, 0.15) is 22.8 Å². The molecule has 3 saturated heterocycles. The molecule has 0 aromatic heterocycles. The van der Waals surface area contributed by atoms with E-state index in [1.54, 1.807) is 0 Å². The van der Waals surface area contributed by atoms with Gasteiger partial charge in [-0.1, -0.05) is 12.1 Å². The molecule has 0 unspecified atom stereocenters. The second-order valence-electron chi connectivity index (χ2n) is 6.07. The smallest absolute Gasteiger partial charge is 0.251 e. The van der Waals surface area contributed by atoms with Gasteiger partial charge in [-0.3, -0.25) is 9.69 Å². The highest BCUT2D eigenvalue weighted by Crippen LogP contribution is 2.23. The molecule has 0 aliphatic carbocycles. The van der Waals surface area contributed by atoms with Gasteiger partial charge in [0, 0.05) is 37.3 Å². The van der Waals surface area contributed by atoms with Gasteiger partial charge in [0.1, 0.15) is 6.54 Å². The van der Waals surface area contributed by atoms with Crippen LogP contribution in [0.5, 0.6) is 0 Å². The van der Waals surface area contributed by atoms with Crippen molar-refractivity contribution in [2.45, 2.75) is 13.5 Å². The molecule has 1 amide bonds. The summed E-state index contributed by atoms with van der Waals surface area (Å²) in [6.07, 6.45) is 0. The summed E-state index contributed by atoms with van der Waals surface area (Å²) >= 11 is 0. The molecule has 0 radical (unpaired) electrons. The fourth-order valence-electron chi connectivity index (χ4n) is 3.38. The normalized spacial score (nSPS) is 28.4. The van der Waals surface area contributed by atoms with E-state index in [0.717, 1.165) is 12.1 Å². The van der Waals surface area contributed by atoms with Crippen molar-refractivity contribution in [2.24, 2.45) is 0 Å². The Bertz CT molecular complexity index is 461. The van der Waals surface area contributed by atoms with Crippen LogP contribution in [0, 0.1) is 0 Å². The molecule has 3 heterocycles. The van der Waals surface area contributed by atoms with Crippen molar-refractivity contribution in [1.82, 2.24) is 10.2 Å². The summed E-state index contributed by atoms with van der Waals surface area (Å²) in [4.78, 5) is 14.3. The first-order chi connectivity index (χ1) is 9.71. The summed E-state index contributed by atoms with van der Waals surface area (Å²) < 4.78 is 1.23. The SMILES string of the molecule is CCNC(=O)c1ccc(C[N+]23CCN(CC2)CC3)cc1. The van der Waals surface area contributed by atoms with Crippen molar-refractivity contribution in [3.63, 3.8) is 0 Å². The molecule has 1 aromatic rings. The largest absolute Gasteiger partial charge is 0.352 e. The number of hydrogen-bond donors (Lipinski definition) is 1. The first-order valence-electron chi connectivity index (χ1n) is 7.65. The van der Waals surface area contributed by atoms with Gasteiger partial charge in [0.05, 0.1) is 19.6 Å². The summed E-state index contributed by atoms with van der Waals surface area (Å²) in [5.41, 5.74) is 2.12. The maximum atomic E-state index is 11.8. The van der Waals surface area contributed by atoms with E-state index in [1.165, 1.54) is 49.3 Å². The predicted molar refractivity (Wildman–Crippen MR) is 79.5 cm³/mol. The molecule has 108 valence electrons. The van der Waals surface area contributed by atoms with E-state index < -0.39 is 0 Å². The van der Waals surface area contributed by atoms with Gasteiger partial charge in [-0.25, -0.2) is 0 Å². The minimum Gasteiger partial charge on any atom is -0.352 e. The van der Waals surface area contributed by atoms with Gasteiger partial charge in [0.2, 0.25) is 0 Å². The van der Waals surface area contributed by atoms with E-state index in [1.807, 2.05) is 19.1 Å². The number of hydrogen-bond acceptors (Lipinski definition) is 2. The predicted octanol–water partition coefficient (Wildman–Crippen LogP) is 1.08. The van der Waals surface area contributed by atoms with Crippen LogP contribution in [-0.2, 0) is 6.54 Å². The van der Waals surface area contributed by atoms with E-state index in [2.05, 4.69) is 22.3 Å². The van der Waals surface area contributed by atoms with Crippen LogP contribution in [0.2, 0.25) is 0 Å². The van der Waals surface area contributed by atoms with E-state index >= 15 is 0 Å². The maximum Gasteiger partial charge on any atom is 0.251 e. The molecular weight excluding hydrogens is 250 g/mol. The lowest BCUT2D eigenvalue weighted by Gasteiger charge is -2.50. The van der Waals surface area contributed by atoms with E-state index in [-0.39, 0.29) is 5.91 Å². The van der Waals surface area contributed by atoms with Crippen molar-refractivity contribution in [1.29, 1.82) is 0 Å². The monoisotopic (exact) mass is 274 g/mol. The highest BCUT2D eigenvalue weighted by atomic mass is 16.1. The number of rotatable bonds is 4. The number of quaternary nitrogens is 1. The molecule has 4 heteroatoms. The van der Waals surface area contributed by atoms with E-state index in [0.29, 0.717) is 6.54 Å². The topological polar surface area (TPSA) is 32.3 Å². The van der Waals surface area contributed by atoms with Crippen LogP contribution >= 0.6 is 0 Å². The van der Waals surface area contributed by atoms with Crippen molar-refractivity contribution < 1.29 is 9.28 Å². The molecule has 0 saturated carbocycles. The molecule has 1 N–H and O–H groups in total. The molecule has 0 atom stereocenters. The number of nitrogens with zero attached hydrogens (tertiary/aromatic N) is 2. The summed E-state index contributed by atoms with van der Waals surface area (Å²) in [5, 5.41) is 2.84. The van der Waals surface area contributed by atoms with Gasteiger partial charge in [-0.15, -0.1) is 0 Å². The molecule has 4 nitrogen and oxygen atoms in total. The Labute approximate surface area is 121 Å². The molecule has 3 aliphatic heterocycles. The molecule has 20 heavy (non-hydrogen) atoms. The van der Waals surface area contributed by atoms with E-state index in [9.17, 15) is 4.79 Å². The van der Waals surface area contributed by atoms with Crippen molar-refractivity contribution in [3.8, 4) is 0 Å². The molecule has 4 rings (SSSR count). The van der Waals surface area contributed by atoms with Crippen LogP contribution in [0.3, 0.4) is 0 Å². The van der Waals surface area contributed by atoms with Crippen molar-refractivity contribution in [3.05, 3.63) is 35.4 Å².